The van der Waals surface area contributed by atoms with E-state index in [-0.39, 0.29) is 51.6 Å². The lowest BCUT2D eigenvalue weighted by Gasteiger charge is -2.20. The number of hydrazine groups is 1. The third-order valence-electron chi connectivity index (χ3n) is 3.89. The molecule has 1 aromatic carbocycles. The molecule has 0 unspecified atom stereocenters. The average Bonchev–Trinajstić information content (AvgIpc) is 2.65. The molecule has 2 aromatic rings. The van der Waals surface area contributed by atoms with E-state index in [9.17, 15) is 18.0 Å². The van der Waals surface area contributed by atoms with Crippen molar-refractivity contribution in [1.29, 1.82) is 0 Å². The molecule has 0 aliphatic rings. The monoisotopic (exact) mass is 486 g/mol. The number of nitrogens with one attached hydrogen (secondary N) is 1. The summed E-state index contributed by atoms with van der Waals surface area (Å²) in [5, 5.41) is 3.66. The van der Waals surface area contributed by atoms with E-state index in [4.69, 9.17) is 33.8 Å². The SMILES string of the molecule is CCN(N)C(=O)N[C@H](C)c1ncc(-c2cc(Cl)cc(Cl)c2OCC(F)F)cc1F.Cl. The summed E-state index contributed by atoms with van der Waals surface area (Å²) in [4.78, 5) is 15.9. The van der Waals surface area contributed by atoms with Crippen LogP contribution in [0.25, 0.3) is 11.1 Å². The fourth-order valence-electron chi connectivity index (χ4n) is 2.46. The molecule has 0 bridgehead atoms. The van der Waals surface area contributed by atoms with E-state index in [0.717, 1.165) is 11.1 Å². The van der Waals surface area contributed by atoms with Gasteiger partial charge in [0, 0.05) is 28.9 Å². The van der Waals surface area contributed by atoms with E-state index in [1.807, 2.05) is 0 Å². The summed E-state index contributed by atoms with van der Waals surface area (Å²) < 4.78 is 44.9. The van der Waals surface area contributed by atoms with Crippen molar-refractivity contribution in [3.63, 3.8) is 0 Å². The molecule has 0 saturated carbocycles. The Hall–Kier alpha value is -1.94. The van der Waals surface area contributed by atoms with Gasteiger partial charge in [0.25, 0.3) is 6.43 Å². The molecule has 0 saturated heterocycles. The van der Waals surface area contributed by atoms with Crippen molar-refractivity contribution in [3.05, 3.63) is 46.0 Å². The first kappa shape index (κ1) is 26.1. The van der Waals surface area contributed by atoms with Crippen LogP contribution >= 0.6 is 35.6 Å². The molecule has 1 aromatic heterocycles. The second-order valence-electron chi connectivity index (χ2n) is 6.01. The molecule has 30 heavy (non-hydrogen) atoms. The number of hydrogen-bond donors (Lipinski definition) is 2. The number of nitrogens with two attached hydrogens (primary N) is 1. The summed E-state index contributed by atoms with van der Waals surface area (Å²) in [5.41, 5.74) is 0.388. The van der Waals surface area contributed by atoms with E-state index >= 15 is 0 Å². The van der Waals surface area contributed by atoms with Gasteiger partial charge < -0.3 is 10.1 Å². The summed E-state index contributed by atoms with van der Waals surface area (Å²) >= 11 is 12.0. The fraction of sp³-hybridized carbons (Fsp3) is 0.333. The molecule has 12 heteroatoms. The van der Waals surface area contributed by atoms with E-state index < -0.39 is 30.9 Å². The van der Waals surface area contributed by atoms with Crippen molar-refractivity contribution in [2.75, 3.05) is 13.2 Å². The summed E-state index contributed by atoms with van der Waals surface area (Å²) in [6, 6.07) is 2.50. The number of benzene rings is 1. The summed E-state index contributed by atoms with van der Waals surface area (Å²) in [6.07, 6.45) is -1.42. The van der Waals surface area contributed by atoms with Gasteiger partial charge in [0.1, 0.15) is 18.2 Å². The number of carbonyl (C=O) groups is 1. The topological polar surface area (TPSA) is 80.5 Å². The van der Waals surface area contributed by atoms with Crippen LogP contribution in [0.1, 0.15) is 25.6 Å². The molecule has 3 N–H and O–H groups in total. The number of aromatic nitrogens is 1. The molecule has 2 rings (SSSR count). The predicted molar refractivity (Wildman–Crippen MR) is 112 cm³/mol. The number of pyridine rings is 1. The Balaban J connectivity index is 0.00000450. The zero-order chi connectivity index (χ0) is 21.7. The highest BCUT2D eigenvalue weighted by molar-refractivity contribution is 6.36. The number of ether oxygens (including phenoxy) is 1. The number of halogens is 6. The van der Waals surface area contributed by atoms with Crippen molar-refractivity contribution in [3.8, 4) is 16.9 Å². The number of alkyl halides is 2. The molecule has 6 nitrogen and oxygen atoms in total. The second kappa shape index (κ2) is 11.5. The van der Waals surface area contributed by atoms with Crippen LogP contribution in [-0.2, 0) is 0 Å². The van der Waals surface area contributed by atoms with Crippen LogP contribution in [0.2, 0.25) is 10.0 Å². The predicted octanol–water partition coefficient (Wildman–Crippen LogP) is 5.23. The molecular weight excluding hydrogens is 468 g/mol. The van der Waals surface area contributed by atoms with Gasteiger partial charge in [0.15, 0.2) is 0 Å². The number of carbonyl (C=O) groups excluding carboxylic acids is 1. The molecule has 2 amide bonds. The first-order valence-electron chi connectivity index (χ1n) is 8.52. The molecule has 1 heterocycles. The summed E-state index contributed by atoms with van der Waals surface area (Å²) in [5.74, 6) is 4.70. The standard InChI is InChI=1S/C18H19Cl2F3N4O2.ClH/c1-3-27(24)18(28)26-9(2)16-14(21)4-10(7-25-16)12-5-11(19)6-13(20)17(12)29-8-15(22)23;/h4-7,9,15H,3,8,24H2,1-2H3,(H,26,28);1H/t9-;/m1./s1. The number of amides is 2. The van der Waals surface area contributed by atoms with Crippen LogP contribution in [0.5, 0.6) is 5.75 Å². The van der Waals surface area contributed by atoms with Crippen LogP contribution < -0.4 is 15.9 Å². The van der Waals surface area contributed by atoms with Crippen LogP contribution in [0.4, 0.5) is 18.0 Å². The highest BCUT2D eigenvalue weighted by Crippen LogP contribution is 2.39. The largest absolute Gasteiger partial charge is 0.485 e. The number of urea groups is 1. The van der Waals surface area contributed by atoms with E-state index in [2.05, 4.69) is 10.3 Å². The fourth-order valence-corrected chi connectivity index (χ4v) is 3.01. The van der Waals surface area contributed by atoms with Crippen molar-refractivity contribution in [2.24, 2.45) is 5.84 Å². The van der Waals surface area contributed by atoms with Gasteiger partial charge in [-0.05, 0) is 32.0 Å². The molecule has 1 atom stereocenters. The Morgan fingerprint density at radius 1 is 1.33 bits per heavy atom. The Morgan fingerprint density at radius 3 is 2.57 bits per heavy atom. The van der Waals surface area contributed by atoms with Crippen molar-refractivity contribution in [2.45, 2.75) is 26.3 Å². The maximum absolute atomic E-state index is 14.7. The Kier molecular flexibility index (Phi) is 9.96. The van der Waals surface area contributed by atoms with Crippen LogP contribution in [0.3, 0.4) is 0 Å². The lowest BCUT2D eigenvalue weighted by atomic mass is 10.0. The maximum Gasteiger partial charge on any atom is 0.332 e. The molecule has 0 spiro atoms. The van der Waals surface area contributed by atoms with Gasteiger partial charge >= 0.3 is 6.03 Å². The third-order valence-corrected chi connectivity index (χ3v) is 4.39. The Bertz CT molecular complexity index is 890. The zero-order valence-corrected chi connectivity index (χ0v) is 18.3. The van der Waals surface area contributed by atoms with Crippen LogP contribution in [0, 0.1) is 5.82 Å². The first-order chi connectivity index (χ1) is 13.6. The highest BCUT2D eigenvalue weighted by Gasteiger charge is 2.20. The molecular formula is C18H20Cl3F3N4O2. The summed E-state index contributed by atoms with van der Waals surface area (Å²) in [6.45, 7) is 2.60. The lowest BCUT2D eigenvalue weighted by molar-refractivity contribution is 0.0822. The third kappa shape index (κ3) is 6.53. The normalized spacial score (nSPS) is 11.6. The van der Waals surface area contributed by atoms with Crippen molar-refractivity contribution >= 4 is 41.6 Å². The first-order valence-corrected chi connectivity index (χ1v) is 9.28. The molecule has 0 aliphatic carbocycles. The second-order valence-corrected chi connectivity index (χ2v) is 6.86. The molecule has 0 fully saturated rings. The van der Waals surface area contributed by atoms with Crippen molar-refractivity contribution < 1.29 is 22.7 Å². The number of nitrogens with zero attached hydrogens (tertiary/aromatic N) is 2. The quantitative estimate of drug-likeness (QED) is 0.318. The highest BCUT2D eigenvalue weighted by atomic mass is 35.5. The van der Waals surface area contributed by atoms with Gasteiger partial charge in [-0.1, -0.05) is 23.2 Å². The summed E-state index contributed by atoms with van der Waals surface area (Å²) in [7, 11) is 0. The smallest absolute Gasteiger partial charge is 0.332 e. The van der Waals surface area contributed by atoms with E-state index in [0.29, 0.717) is 0 Å². The van der Waals surface area contributed by atoms with Gasteiger partial charge in [-0.3, -0.25) is 9.99 Å². The lowest BCUT2D eigenvalue weighted by Crippen LogP contribution is -2.45. The van der Waals surface area contributed by atoms with Crippen LogP contribution in [-0.4, -0.2) is 35.6 Å². The van der Waals surface area contributed by atoms with Gasteiger partial charge in [0.2, 0.25) is 0 Å². The van der Waals surface area contributed by atoms with Gasteiger partial charge in [0.05, 0.1) is 16.8 Å². The van der Waals surface area contributed by atoms with Gasteiger partial charge in [-0.25, -0.2) is 23.8 Å². The van der Waals surface area contributed by atoms with Gasteiger partial charge in [-0.15, -0.1) is 12.4 Å². The van der Waals surface area contributed by atoms with Crippen molar-refractivity contribution in [1.82, 2.24) is 15.3 Å². The van der Waals surface area contributed by atoms with Crippen LogP contribution in [0.15, 0.2) is 24.4 Å². The molecule has 0 radical (unpaired) electrons. The van der Waals surface area contributed by atoms with Gasteiger partial charge in [-0.2, -0.15) is 0 Å². The minimum Gasteiger partial charge on any atom is -0.485 e. The number of rotatable bonds is 7. The minimum absolute atomic E-state index is 0. The average molecular weight is 488 g/mol. The molecule has 0 aliphatic heterocycles. The Labute approximate surface area is 187 Å². The maximum atomic E-state index is 14.7. The number of hydrogen-bond acceptors (Lipinski definition) is 4. The Morgan fingerprint density at radius 2 is 2.00 bits per heavy atom. The van der Waals surface area contributed by atoms with E-state index in [1.165, 1.54) is 18.3 Å². The zero-order valence-electron chi connectivity index (χ0n) is 16.0. The minimum atomic E-state index is -2.72. The van der Waals surface area contributed by atoms with E-state index in [1.54, 1.807) is 13.8 Å². The molecule has 166 valence electrons.